The standard InChI is InChI=1S/C20H23N3O2S/c1-3-23-19(24)17-14-9-5-7-11-16(14)26-18(17)22-20(23)21-12-13-8-4-6-10-15(13)25-2/h4,6,8,10H,3,5,7,9,11-12H2,1-2H3,(H,21,22). The van der Waals surface area contributed by atoms with E-state index in [2.05, 4.69) is 5.32 Å². The van der Waals surface area contributed by atoms with Crippen molar-refractivity contribution in [3.05, 3.63) is 50.6 Å². The van der Waals surface area contributed by atoms with Crippen LogP contribution in [0.2, 0.25) is 0 Å². The van der Waals surface area contributed by atoms with Gasteiger partial charge in [0.1, 0.15) is 10.6 Å². The molecule has 0 unspecified atom stereocenters. The summed E-state index contributed by atoms with van der Waals surface area (Å²) in [6.45, 7) is 3.15. The Balaban J connectivity index is 1.74. The summed E-state index contributed by atoms with van der Waals surface area (Å²) in [4.78, 5) is 20.1. The first-order valence-electron chi connectivity index (χ1n) is 9.13. The molecule has 136 valence electrons. The molecule has 5 nitrogen and oxygen atoms in total. The highest BCUT2D eigenvalue weighted by atomic mass is 32.1. The van der Waals surface area contributed by atoms with Crippen molar-refractivity contribution in [1.29, 1.82) is 0 Å². The molecule has 0 atom stereocenters. The van der Waals surface area contributed by atoms with Crippen LogP contribution in [0.4, 0.5) is 5.95 Å². The van der Waals surface area contributed by atoms with Crippen LogP contribution < -0.4 is 15.6 Å². The number of fused-ring (bicyclic) bond motifs is 3. The van der Waals surface area contributed by atoms with Crippen molar-refractivity contribution >= 4 is 27.5 Å². The predicted octanol–water partition coefficient (Wildman–Crippen LogP) is 3.98. The third kappa shape index (κ3) is 2.88. The summed E-state index contributed by atoms with van der Waals surface area (Å²) in [5.74, 6) is 1.47. The van der Waals surface area contributed by atoms with Crippen molar-refractivity contribution in [2.75, 3.05) is 12.4 Å². The van der Waals surface area contributed by atoms with Gasteiger partial charge in [-0.15, -0.1) is 11.3 Å². The Morgan fingerprint density at radius 2 is 2.08 bits per heavy atom. The Hall–Kier alpha value is -2.34. The van der Waals surface area contributed by atoms with Gasteiger partial charge in [0, 0.05) is 23.5 Å². The molecule has 0 amide bonds. The first-order chi connectivity index (χ1) is 12.7. The fourth-order valence-electron chi connectivity index (χ4n) is 3.69. The van der Waals surface area contributed by atoms with E-state index in [9.17, 15) is 4.79 Å². The van der Waals surface area contributed by atoms with Gasteiger partial charge >= 0.3 is 0 Å². The van der Waals surface area contributed by atoms with Gasteiger partial charge in [0.25, 0.3) is 5.56 Å². The number of rotatable bonds is 5. The molecule has 2 heterocycles. The Labute approximate surface area is 156 Å². The van der Waals surface area contributed by atoms with Crippen LogP contribution in [-0.2, 0) is 25.9 Å². The maximum absolute atomic E-state index is 13.1. The van der Waals surface area contributed by atoms with Gasteiger partial charge in [-0.3, -0.25) is 9.36 Å². The molecule has 1 N–H and O–H groups in total. The normalized spacial score (nSPS) is 13.6. The number of nitrogens with one attached hydrogen (secondary N) is 1. The highest BCUT2D eigenvalue weighted by Crippen LogP contribution is 2.34. The summed E-state index contributed by atoms with van der Waals surface area (Å²) < 4.78 is 7.16. The number of ether oxygens (including phenoxy) is 1. The van der Waals surface area contributed by atoms with Crippen LogP contribution in [0.3, 0.4) is 0 Å². The molecular formula is C20H23N3O2S. The monoisotopic (exact) mass is 369 g/mol. The van der Waals surface area contributed by atoms with E-state index in [1.165, 1.54) is 16.9 Å². The highest BCUT2D eigenvalue weighted by molar-refractivity contribution is 7.18. The molecular weight excluding hydrogens is 346 g/mol. The SMILES string of the molecule is CCn1c(NCc2ccccc2OC)nc2sc3c(c2c1=O)CCCC3. The summed E-state index contributed by atoms with van der Waals surface area (Å²) in [5, 5.41) is 4.19. The highest BCUT2D eigenvalue weighted by Gasteiger charge is 2.21. The molecule has 1 aliphatic carbocycles. The molecule has 1 aliphatic rings. The average molecular weight is 369 g/mol. The minimum Gasteiger partial charge on any atom is -0.496 e. The third-order valence-corrected chi connectivity index (χ3v) is 6.21. The molecule has 3 aromatic rings. The lowest BCUT2D eigenvalue weighted by molar-refractivity contribution is 0.410. The molecule has 0 radical (unpaired) electrons. The number of thiophene rings is 1. The summed E-state index contributed by atoms with van der Waals surface area (Å²) in [6, 6.07) is 7.89. The molecule has 0 saturated heterocycles. The maximum Gasteiger partial charge on any atom is 0.263 e. The summed E-state index contributed by atoms with van der Waals surface area (Å²) >= 11 is 1.69. The molecule has 0 aliphatic heterocycles. The van der Waals surface area contributed by atoms with Gasteiger partial charge in [-0.1, -0.05) is 18.2 Å². The van der Waals surface area contributed by atoms with E-state index in [1.54, 1.807) is 23.0 Å². The molecule has 1 aromatic carbocycles. The number of para-hydroxylation sites is 1. The van der Waals surface area contributed by atoms with Crippen molar-refractivity contribution in [3.8, 4) is 5.75 Å². The van der Waals surface area contributed by atoms with Crippen molar-refractivity contribution < 1.29 is 4.74 Å². The molecule has 0 fully saturated rings. The van der Waals surface area contributed by atoms with E-state index in [-0.39, 0.29) is 5.56 Å². The lowest BCUT2D eigenvalue weighted by atomic mass is 9.97. The second-order valence-electron chi connectivity index (χ2n) is 6.54. The number of nitrogens with zero attached hydrogens (tertiary/aromatic N) is 2. The number of hydrogen-bond donors (Lipinski definition) is 1. The molecule has 0 spiro atoms. The predicted molar refractivity (Wildman–Crippen MR) is 107 cm³/mol. The minimum absolute atomic E-state index is 0.0828. The number of hydrogen-bond acceptors (Lipinski definition) is 5. The number of aryl methyl sites for hydroxylation is 2. The van der Waals surface area contributed by atoms with E-state index in [0.717, 1.165) is 40.8 Å². The van der Waals surface area contributed by atoms with Crippen molar-refractivity contribution in [2.24, 2.45) is 0 Å². The minimum atomic E-state index is 0.0828. The quantitative estimate of drug-likeness (QED) is 0.739. The van der Waals surface area contributed by atoms with Crippen molar-refractivity contribution in [1.82, 2.24) is 9.55 Å². The number of aromatic nitrogens is 2. The van der Waals surface area contributed by atoms with Crippen LogP contribution in [-0.4, -0.2) is 16.7 Å². The Morgan fingerprint density at radius 3 is 2.88 bits per heavy atom. The van der Waals surface area contributed by atoms with E-state index in [1.807, 2.05) is 31.2 Å². The Bertz CT molecular complexity index is 1010. The first-order valence-corrected chi connectivity index (χ1v) is 9.95. The van der Waals surface area contributed by atoms with E-state index < -0.39 is 0 Å². The molecule has 6 heteroatoms. The average Bonchev–Trinajstić information content (AvgIpc) is 3.05. The van der Waals surface area contributed by atoms with Gasteiger partial charge in [0.2, 0.25) is 5.95 Å². The van der Waals surface area contributed by atoms with Gasteiger partial charge in [0.15, 0.2) is 0 Å². The van der Waals surface area contributed by atoms with Crippen molar-refractivity contribution in [3.63, 3.8) is 0 Å². The van der Waals surface area contributed by atoms with Crippen LogP contribution in [0.5, 0.6) is 5.75 Å². The van der Waals surface area contributed by atoms with E-state index in [4.69, 9.17) is 9.72 Å². The van der Waals surface area contributed by atoms with Crippen molar-refractivity contribution in [2.45, 2.75) is 45.7 Å². The molecule has 2 aromatic heterocycles. The zero-order valence-electron chi connectivity index (χ0n) is 15.2. The molecule has 26 heavy (non-hydrogen) atoms. The fourth-order valence-corrected chi connectivity index (χ4v) is 4.94. The maximum atomic E-state index is 13.1. The molecule has 0 saturated carbocycles. The van der Waals surface area contributed by atoms with Gasteiger partial charge in [-0.25, -0.2) is 4.98 Å². The van der Waals surface area contributed by atoms with Gasteiger partial charge < -0.3 is 10.1 Å². The first kappa shape index (κ1) is 17.1. The van der Waals surface area contributed by atoms with Gasteiger partial charge in [-0.2, -0.15) is 0 Å². The zero-order chi connectivity index (χ0) is 18.1. The number of anilines is 1. The van der Waals surface area contributed by atoms with E-state index in [0.29, 0.717) is 19.0 Å². The fraction of sp³-hybridized carbons (Fsp3) is 0.400. The van der Waals surface area contributed by atoms with Crippen LogP contribution in [0.15, 0.2) is 29.1 Å². The van der Waals surface area contributed by atoms with Gasteiger partial charge in [0.05, 0.1) is 12.5 Å². The van der Waals surface area contributed by atoms with E-state index >= 15 is 0 Å². The second kappa shape index (κ2) is 7.11. The summed E-state index contributed by atoms with van der Waals surface area (Å²) in [5.41, 5.74) is 2.36. The molecule has 4 rings (SSSR count). The van der Waals surface area contributed by atoms with Crippen LogP contribution in [0.1, 0.15) is 35.8 Å². The topological polar surface area (TPSA) is 56.1 Å². The largest absolute Gasteiger partial charge is 0.496 e. The van der Waals surface area contributed by atoms with Crippen LogP contribution in [0.25, 0.3) is 10.2 Å². The number of methoxy groups -OCH3 is 1. The van der Waals surface area contributed by atoms with Crippen LogP contribution >= 0.6 is 11.3 Å². The number of benzene rings is 1. The smallest absolute Gasteiger partial charge is 0.263 e. The summed E-state index contributed by atoms with van der Waals surface area (Å²) in [7, 11) is 1.67. The summed E-state index contributed by atoms with van der Waals surface area (Å²) in [6.07, 6.45) is 4.45. The zero-order valence-corrected chi connectivity index (χ0v) is 16.0. The lowest BCUT2D eigenvalue weighted by Gasteiger charge is -2.14. The Kier molecular flexibility index (Phi) is 4.68. The second-order valence-corrected chi connectivity index (χ2v) is 7.62. The molecule has 0 bridgehead atoms. The lowest BCUT2D eigenvalue weighted by Crippen LogP contribution is -2.24. The Morgan fingerprint density at radius 1 is 1.27 bits per heavy atom. The third-order valence-electron chi connectivity index (χ3n) is 5.02. The van der Waals surface area contributed by atoms with Crippen LogP contribution in [0, 0.1) is 0 Å². The van der Waals surface area contributed by atoms with Gasteiger partial charge in [-0.05, 0) is 44.2 Å².